The molecule has 2 aromatic rings. The molecule has 19 heavy (non-hydrogen) atoms. The van der Waals surface area contributed by atoms with E-state index < -0.39 is 0 Å². The van der Waals surface area contributed by atoms with E-state index in [1.807, 2.05) is 31.2 Å². The molecule has 0 spiro atoms. The van der Waals surface area contributed by atoms with Crippen LogP contribution in [-0.2, 0) is 0 Å². The monoisotopic (exact) mass is 253 g/mol. The molecule has 0 saturated heterocycles. The molecule has 0 heterocycles. The Morgan fingerprint density at radius 1 is 0.895 bits per heavy atom. The first-order valence-corrected chi connectivity index (χ1v) is 6.39. The smallest absolute Gasteiger partial charge is 0.253 e. The maximum atomic E-state index is 12.2. The lowest BCUT2D eigenvalue weighted by Crippen LogP contribution is -2.22. The quantitative estimate of drug-likeness (QED) is 0.799. The molecule has 0 aromatic heterocycles. The number of rotatable bonds is 2. The van der Waals surface area contributed by atoms with Gasteiger partial charge in [0.1, 0.15) is 0 Å². The number of carbonyl (C=O) groups is 1. The normalized spacial score (nSPS) is 10.3. The Labute approximate surface area is 114 Å². The van der Waals surface area contributed by atoms with Crippen LogP contribution >= 0.6 is 0 Å². The van der Waals surface area contributed by atoms with Crippen molar-refractivity contribution in [2.45, 2.75) is 13.8 Å². The van der Waals surface area contributed by atoms with Gasteiger partial charge < -0.3 is 4.90 Å². The predicted octanol–water partition coefficient (Wildman–Crippen LogP) is 3.67. The van der Waals surface area contributed by atoms with Gasteiger partial charge in [-0.2, -0.15) is 0 Å². The van der Waals surface area contributed by atoms with Crippen molar-refractivity contribution in [1.82, 2.24) is 4.90 Å². The van der Waals surface area contributed by atoms with Crippen molar-refractivity contribution in [3.63, 3.8) is 0 Å². The number of amides is 1. The SMILES string of the molecule is Cc1ccccc1-c1cccc(C(=O)N(C)C)c1C. The first-order chi connectivity index (χ1) is 9.02. The molecule has 2 aromatic carbocycles. The molecule has 0 aliphatic carbocycles. The van der Waals surface area contributed by atoms with Crippen molar-refractivity contribution in [3.05, 3.63) is 59.2 Å². The van der Waals surface area contributed by atoms with Crippen molar-refractivity contribution < 1.29 is 4.79 Å². The van der Waals surface area contributed by atoms with E-state index in [9.17, 15) is 4.79 Å². The van der Waals surface area contributed by atoms with E-state index >= 15 is 0 Å². The van der Waals surface area contributed by atoms with E-state index in [2.05, 4.69) is 25.1 Å². The summed E-state index contributed by atoms with van der Waals surface area (Å²) in [6.45, 7) is 4.10. The maximum Gasteiger partial charge on any atom is 0.253 e. The van der Waals surface area contributed by atoms with E-state index in [4.69, 9.17) is 0 Å². The minimum absolute atomic E-state index is 0.0490. The van der Waals surface area contributed by atoms with Crippen molar-refractivity contribution in [3.8, 4) is 11.1 Å². The van der Waals surface area contributed by atoms with Crippen LogP contribution in [-0.4, -0.2) is 24.9 Å². The highest BCUT2D eigenvalue weighted by Crippen LogP contribution is 2.28. The fourth-order valence-corrected chi connectivity index (χ4v) is 2.28. The predicted molar refractivity (Wildman–Crippen MR) is 79.4 cm³/mol. The van der Waals surface area contributed by atoms with Gasteiger partial charge in [-0.15, -0.1) is 0 Å². The average molecular weight is 253 g/mol. The van der Waals surface area contributed by atoms with Gasteiger partial charge in [0, 0.05) is 19.7 Å². The Bertz CT molecular complexity index is 614. The fraction of sp³-hybridized carbons (Fsp3) is 0.235. The Kier molecular flexibility index (Phi) is 3.70. The van der Waals surface area contributed by atoms with Gasteiger partial charge in [-0.3, -0.25) is 4.79 Å². The molecule has 0 fully saturated rings. The van der Waals surface area contributed by atoms with Gasteiger partial charge in [-0.25, -0.2) is 0 Å². The molecule has 0 unspecified atom stereocenters. The van der Waals surface area contributed by atoms with Gasteiger partial charge in [0.25, 0.3) is 5.91 Å². The topological polar surface area (TPSA) is 20.3 Å². The summed E-state index contributed by atoms with van der Waals surface area (Å²) in [7, 11) is 3.56. The summed E-state index contributed by atoms with van der Waals surface area (Å²) in [6, 6.07) is 14.2. The van der Waals surface area contributed by atoms with Crippen LogP contribution in [0.25, 0.3) is 11.1 Å². The van der Waals surface area contributed by atoms with Crippen molar-refractivity contribution in [2.24, 2.45) is 0 Å². The number of benzene rings is 2. The Morgan fingerprint density at radius 3 is 2.16 bits per heavy atom. The summed E-state index contributed by atoms with van der Waals surface area (Å²) in [4.78, 5) is 13.8. The summed E-state index contributed by atoms with van der Waals surface area (Å²) in [5.74, 6) is 0.0490. The molecular formula is C17H19NO. The highest BCUT2D eigenvalue weighted by Gasteiger charge is 2.14. The molecule has 2 nitrogen and oxygen atoms in total. The first-order valence-electron chi connectivity index (χ1n) is 6.39. The zero-order valence-electron chi connectivity index (χ0n) is 11.9. The van der Waals surface area contributed by atoms with Crippen LogP contribution in [0.4, 0.5) is 0 Å². The summed E-state index contributed by atoms with van der Waals surface area (Å²) >= 11 is 0. The molecule has 0 aliphatic heterocycles. The van der Waals surface area contributed by atoms with E-state index in [1.54, 1.807) is 19.0 Å². The third kappa shape index (κ3) is 2.53. The lowest BCUT2D eigenvalue weighted by Gasteiger charge is -2.16. The molecule has 0 radical (unpaired) electrons. The van der Waals surface area contributed by atoms with E-state index in [-0.39, 0.29) is 5.91 Å². The van der Waals surface area contributed by atoms with Gasteiger partial charge in [0.2, 0.25) is 0 Å². The van der Waals surface area contributed by atoms with Gasteiger partial charge in [0.05, 0.1) is 0 Å². The van der Waals surface area contributed by atoms with E-state index in [0.717, 1.165) is 16.7 Å². The van der Waals surface area contributed by atoms with Gasteiger partial charge in [-0.1, -0.05) is 36.4 Å². The van der Waals surface area contributed by atoms with Gasteiger partial charge in [-0.05, 0) is 42.2 Å². The number of nitrogens with zero attached hydrogens (tertiary/aromatic N) is 1. The Balaban J connectivity index is 2.59. The Hall–Kier alpha value is -2.09. The van der Waals surface area contributed by atoms with Crippen LogP contribution in [0.5, 0.6) is 0 Å². The molecule has 2 heteroatoms. The van der Waals surface area contributed by atoms with E-state index in [1.165, 1.54) is 11.1 Å². The molecule has 2 rings (SSSR count). The highest BCUT2D eigenvalue weighted by atomic mass is 16.2. The second-order valence-corrected chi connectivity index (χ2v) is 4.99. The third-order valence-electron chi connectivity index (χ3n) is 3.41. The second-order valence-electron chi connectivity index (χ2n) is 4.99. The van der Waals surface area contributed by atoms with Crippen molar-refractivity contribution in [1.29, 1.82) is 0 Å². The molecule has 0 bridgehead atoms. The number of hydrogen-bond donors (Lipinski definition) is 0. The molecule has 1 amide bonds. The number of carbonyl (C=O) groups excluding carboxylic acids is 1. The lowest BCUT2D eigenvalue weighted by molar-refractivity contribution is 0.0827. The summed E-state index contributed by atoms with van der Waals surface area (Å²) in [5, 5.41) is 0. The molecule has 0 N–H and O–H groups in total. The minimum atomic E-state index is 0.0490. The van der Waals surface area contributed by atoms with Crippen LogP contribution in [0.15, 0.2) is 42.5 Å². The molecule has 0 saturated carbocycles. The van der Waals surface area contributed by atoms with Crippen LogP contribution in [0.2, 0.25) is 0 Å². The minimum Gasteiger partial charge on any atom is -0.345 e. The van der Waals surface area contributed by atoms with Gasteiger partial charge in [0.15, 0.2) is 0 Å². The van der Waals surface area contributed by atoms with Crippen molar-refractivity contribution >= 4 is 5.91 Å². The number of hydrogen-bond acceptors (Lipinski definition) is 1. The lowest BCUT2D eigenvalue weighted by atomic mass is 9.93. The fourth-order valence-electron chi connectivity index (χ4n) is 2.28. The summed E-state index contributed by atoms with van der Waals surface area (Å²) in [5.41, 5.74) is 5.35. The number of aryl methyl sites for hydroxylation is 1. The highest BCUT2D eigenvalue weighted by molar-refractivity contribution is 5.97. The molecule has 0 atom stereocenters. The maximum absolute atomic E-state index is 12.2. The second kappa shape index (κ2) is 5.27. The zero-order valence-corrected chi connectivity index (χ0v) is 11.9. The standard InChI is InChI=1S/C17H19NO/c1-12-8-5-6-9-14(12)15-10-7-11-16(13(15)2)17(19)18(3)4/h5-11H,1-4H3. The zero-order chi connectivity index (χ0) is 14.0. The van der Waals surface area contributed by atoms with Crippen molar-refractivity contribution in [2.75, 3.05) is 14.1 Å². The molecule has 0 aliphatic rings. The van der Waals surface area contributed by atoms with Crippen LogP contribution in [0.1, 0.15) is 21.5 Å². The van der Waals surface area contributed by atoms with Crippen LogP contribution in [0, 0.1) is 13.8 Å². The summed E-state index contributed by atoms with van der Waals surface area (Å²) in [6.07, 6.45) is 0. The first kappa shape index (κ1) is 13.3. The molecule has 98 valence electrons. The summed E-state index contributed by atoms with van der Waals surface area (Å²) < 4.78 is 0. The molecular weight excluding hydrogens is 234 g/mol. The van der Waals surface area contributed by atoms with Crippen LogP contribution < -0.4 is 0 Å². The van der Waals surface area contributed by atoms with Crippen LogP contribution in [0.3, 0.4) is 0 Å². The average Bonchev–Trinajstić information content (AvgIpc) is 2.39. The largest absolute Gasteiger partial charge is 0.345 e. The van der Waals surface area contributed by atoms with Gasteiger partial charge >= 0.3 is 0 Å². The third-order valence-corrected chi connectivity index (χ3v) is 3.41. The van der Waals surface area contributed by atoms with E-state index in [0.29, 0.717) is 0 Å². The Morgan fingerprint density at radius 2 is 1.53 bits per heavy atom.